The van der Waals surface area contributed by atoms with Gasteiger partial charge in [-0.05, 0) is 88.1 Å². The van der Waals surface area contributed by atoms with Crippen LogP contribution in [0.2, 0.25) is 0 Å². The maximum Gasteiger partial charge on any atom is 0.339 e. The van der Waals surface area contributed by atoms with E-state index in [0.717, 1.165) is 27.7 Å². The topological polar surface area (TPSA) is 173 Å². The summed E-state index contributed by atoms with van der Waals surface area (Å²) in [6, 6.07) is 5.38. The molecule has 9 atom stereocenters. The average molecular weight is 827 g/mol. The molecule has 58 heavy (non-hydrogen) atoms. The second-order valence-corrected chi connectivity index (χ2v) is 19.5. The van der Waals surface area contributed by atoms with Crippen molar-refractivity contribution in [1.29, 1.82) is 0 Å². The highest BCUT2D eigenvalue weighted by Gasteiger charge is 2.65. The molecule has 1 aromatic carbocycles. The first kappa shape index (κ1) is 39.2. The number of ketones is 1. The highest BCUT2D eigenvalue weighted by molar-refractivity contribution is 8.77. The molecule has 2 bridgehead atoms. The molecule has 9 unspecified atom stereocenters. The zero-order chi connectivity index (χ0) is 40.7. The number of fused-ring (bicyclic) bond motifs is 7. The van der Waals surface area contributed by atoms with Crippen molar-refractivity contribution >= 4 is 50.2 Å². The van der Waals surface area contributed by atoms with Crippen molar-refractivity contribution < 1.29 is 33.4 Å². The Morgan fingerprint density at radius 2 is 2.07 bits per heavy atom. The van der Waals surface area contributed by atoms with Gasteiger partial charge in [0, 0.05) is 77.5 Å². The fourth-order valence-electron chi connectivity index (χ4n) is 10.8. The van der Waals surface area contributed by atoms with E-state index < -0.39 is 28.7 Å². The van der Waals surface area contributed by atoms with Crippen LogP contribution < -0.4 is 26.7 Å². The van der Waals surface area contributed by atoms with Gasteiger partial charge in [-0.25, -0.2) is 9.59 Å². The Hall–Kier alpha value is -4.24. The normalized spacial score (nSPS) is 34.0. The molecule has 5 N–H and O–H groups in total. The summed E-state index contributed by atoms with van der Waals surface area (Å²) < 4.78 is 19.7. The van der Waals surface area contributed by atoms with Crippen molar-refractivity contribution in [1.82, 2.24) is 15.5 Å². The van der Waals surface area contributed by atoms with Crippen LogP contribution >= 0.6 is 21.6 Å². The number of carbonyl (C=O) groups is 3. The van der Waals surface area contributed by atoms with Gasteiger partial charge in [0.15, 0.2) is 17.0 Å². The number of ether oxygens (including phenoxy) is 2. The minimum absolute atomic E-state index is 0.0000135. The largest absolute Gasteiger partial charge is 0.481 e. The Labute approximate surface area is 345 Å². The smallest absolute Gasteiger partial charge is 0.339 e. The van der Waals surface area contributed by atoms with Crippen molar-refractivity contribution in [3.63, 3.8) is 0 Å². The van der Waals surface area contributed by atoms with Crippen molar-refractivity contribution in [2.45, 2.75) is 93.9 Å². The molecule has 1 saturated carbocycles. The van der Waals surface area contributed by atoms with Crippen LogP contribution in [0.1, 0.15) is 57.6 Å². The van der Waals surface area contributed by atoms with E-state index in [0.29, 0.717) is 72.7 Å². The highest BCUT2D eigenvalue weighted by Crippen LogP contribution is 2.59. The van der Waals surface area contributed by atoms with Crippen LogP contribution in [0.4, 0.5) is 0 Å². The van der Waals surface area contributed by atoms with Crippen LogP contribution in [0.25, 0.3) is 11.0 Å². The molecule has 1 aromatic heterocycles. The Morgan fingerprint density at radius 3 is 2.84 bits per heavy atom. The number of dihydropyridines is 1. The Bertz CT molecular complexity index is 2330. The average Bonchev–Trinajstić information content (AvgIpc) is 3.56. The molecule has 1 saturated heterocycles. The minimum Gasteiger partial charge on any atom is -0.481 e. The number of esters is 1. The van der Waals surface area contributed by atoms with Gasteiger partial charge in [-0.1, -0.05) is 45.4 Å². The molecule has 3 aliphatic carbocycles. The third-order valence-electron chi connectivity index (χ3n) is 13.8. The van der Waals surface area contributed by atoms with Crippen LogP contribution in [-0.4, -0.2) is 88.2 Å². The number of nitrogens with zero attached hydrogens (tertiary/aromatic N) is 1. The number of amides is 1. The van der Waals surface area contributed by atoms with Gasteiger partial charge in [-0.15, -0.1) is 0 Å². The van der Waals surface area contributed by atoms with Gasteiger partial charge in [0.05, 0.1) is 30.2 Å². The van der Waals surface area contributed by atoms with Gasteiger partial charge < -0.3 is 40.3 Å². The lowest BCUT2D eigenvalue weighted by Crippen LogP contribution is -2.75. The molecule has 7 aliphatic rings. The number of nitrogens with one attached hydrogen (secondary N) is 2. The first-order valence-electron chi connectivity index (χ1n) is 20.3. The Kier molecular flexibility index (Phi) is 10.0. The van der Waals surface area contributed by atoms with Crippen LogP contribution in [0, 0.1) is 17.8 Å². The number of aryl methyl sites for hydroxylation is 1. The number of carbonyl (C=O) groups excluding carboxylic acids is 3. The number of benzene rings is 1. The summed E-state index contributed by atoms with van der Waals surface area (Å²) in [5.41, 5.74) is 8.78. The molecule has 4 aliphatic heterocycles. The first-order chi connectivity index (χ1) is 27.9. The highest BCUT2D eigenvalue weighted by atomic mass is 33.1. The minimum atomic E-state index is -1.20. The van der Waals surface area contributed by atoms with Crippen molar-refractivity contribution in [3.8, 4) is 5.75 Å². The monoisotopic (exact) mass is 826 g/mol. The van der Waals surface area contributed by atoms with E-state index in [1.54, 1.807) is 53.7 Å². The number of allylic oxidation sites excluding steroid dienone is 3. The lowest BCUT2D eigenvalue weighted by atomic mass is 9.61. The molecule has 14 heteroatoms. The summed E-state index contributed by atoms with van der Waals surface area (Å²) in [7, 11) is 5.42. The molecule has 1 spiro atoms. The fraction of sp³-hybridized carbons (Fsp3) is 0.500. The van der Waals surface area contributed by atoms with Crippen molar-refractivity contribution in [2.75, 3.05) is 26.0 Å². The maximum absolute atomic E-state index is 14.8. The summed E-state index contributed by atoms with van der Waals surface area (Å²) in [6.45, 7) is 5.78. The van der Waals surface area contributed by atoms with Gasteiger partial charge in [-0.3, -0.25) is 9.59 Å². The molecule has 306 valence electrons. The van der Waals surface area contributed by atoms with Crippen LogP contribution in [0.3, 0.4) is 0 Å². The second-order valence-electron chi connectivity index (χ2n) is 16.9. The third kappa shape index (κ3) is 6.11. The van der Waals surface area contributed by atoms with E-state index in [2.05, 4.69) is 16.7 Å². The summed E-state index contributed by atoms with van der Waals surface area (Å²) in [5, 5.41) is 17.0. The molecule has 9 rings (SSSR count). The van der Waals surface area contributed by atoms with Crippen molar-refractivity contribution in [3.05, 3.63) is 98.2 Å². The number of hydrogen-bond acceptors (Lipinski definition) is 13. The van der Waals surface area contributed by atoms with E-state index >= 15 is 0 Å². The van der Waals surface area contributed by atoms with E-state index in [1.165, 1.54) is 0 Å². The molecular weight excluding hydrogens is 777 g/mol. The number of rotatable bonds is 6. The third-order valence-corrected chi connectivity index (χ3v) is 16.6. The number of nitrogens with two attached hydrogens (primary N) is 1. The zero-order valence-corrected chi connectivity index (χ0v) is 34.8. The Morgan fingerprint density at radius 1 is 1.24 bits per heavy atom. The first-order valence-corrected chi connectivity index (χ1v) is 22.6. The molecule has 12 nitrogen and oxygen atoms in total. The predicted molar refractivity (Wildman–Crippen MR) is 224 cm³/mol. The SMILES string of the molecule is CC=C(C)C(=O)OC1(C)CC=C2CSSC3CC4C(=O)C=CC5C(C4NC)C3N5C(=O)CC3=C(C=C(N)NC3)C2C12Cc1cc3cc(CCCO)c(=O)oc3cc1O2. The molecule has 1 amide bonds. The zero-order valence-electron chi connectivity index (χ0n) is 33.2. The standard InChI is InChI=1S/C44H50N4O8S2/c1-5-22(2)41(52)56-43(3)11-10-24-21-57-58-34-16-29-31(50)9-8-30-37(39(29)46-4)40(34)48(30)36(51)15-27-20-47-35(45)17-28(27)38(24)44(43)19-26-14-25-13-23(7-6-12-49)42(53)54-32(25)18-33(26)55-44/h5,8-10,13-14,17-18,29-30,34,37-40,46-47,49H,6-7,11-12,15-16,19-21,45H2,1-4H3. The second kappa shape index (κ2) is 14.8. The lowest BCUT2D eigenvalue weighted by Gasteiger charge is -2.62. The van der Waals surface area contributed by atoms with E-state index in [1.807, 2.05) is 43.2 Å². The summed E-state index contributed by atoms with van der Waals surface area (Å²) in [4.78, 5) is 57.1. The fourth-order valence-corrected chi connectivity index (χ4v) is 13.8. The molecule has 5 heterocycles. The number of hydrogen-bond donors (Lipinski definition) is 4. The number of aliphatic hydroxyl groups excluding tert-OH is 1. The van der Waals surface area contributed by atoms with Gasteiger partial charge in [0.25, 0.3) is 0 Å². The van der Waals surface area contributed by atoms with E-state index in [-0.39, 0.29) is 59.9 Å². The van der Waals surface area contributed by atoms with Gasteiger partial charge in [-0.2, -0.15) is 0 Å². The molecule has 2 fully saturated rings. The number of aliphatic hydroxyl groups is 1. The van der Waals surface area contributed by atoms with Crippen LogP contribution in [-0.2, 0) is 32.0 Å². The van der Waals surface area contributed by atoms with Gasteiger partial charge in [0.1, 0.15) is 11.3 Å². The van der Waals surface area contributed by atoms with Gasteiger partial charge in [0.2, 0.25) is 5.91 Å². The van der Waals surface area contributed by atoms with Crippen molar-refractivity contribution in [2.24, 2.45) is 23.5 Å². The predicted octanol–water partition coefficient (Wildman–Crippen LogP) is 4.40. The van der Waals surface area contributed by atoms with Crippen LogP contribution in [0.5, 0.6) is 5.75 Å². The quantitative estimate of drug-likeness (QED) is 0.106. The van der Waals surface area contributed by atoms with Gasteiger partial charge >= 0.3 is 11.6 Å². The lowest BCUT2D eigenvalue weighted by molar-refractivity contribution is -0.186. The maximum atomic E-state index is 14.8. The van der Waals surface area contributed by atoms with E-state index in [4.69, 9.17) is 19.6 Å². The summed E-state index contributed by atoms with van der Waals surface area (Å²) >= 11 is 0. The summed E-state index contributed by atoms with van der Waals surface area (Å²) in [5.74, 6) is 0.775. The molecule has 0 radical (unpaired) electrons. The Balaban J connectivity index is 1.19. The molecular formula is C44H50N4O8S2. The molecule has 2 aromatic rings. The van der Waals surface area contributed by atoms with Crippen LogP contribution in [0.15, 0.2) is 85.9 Å². The summed E-state index contributed by atoms with van der Waals surface area (Å²) in [6.07, 6.45) is 11.8. The van der Waals surface area contributed by atoms with E-state index in [9.17, 15) is 24.3 Å².